The van der Waals surface area contributed by atoms with E-state index in [1.165, 1.54) is 5.56 Å². The topological polar surface area (TPSA) is 87.7 Å². The lowest BCUT2D eigenvalue weighted by molar-refractivity contribution is -0.124. The smallest absolute Gasteiger partial charge is 0.234 e. The standard InChI is InChI=1S/C14H19N3O2/c1-2-10-5-3-4-6-11(10)9-16-13(18)14(7-8-14)12(15)17-19/h3-6,19H,2,7-9H2,1H3,(H2,15,17)(H,16,18). The molecule has 102 valence electrons. The Hall–Kier alpha value is -2.04. The molecule has 0 radical (unpaired) electrons. The number of amides is 1. The minimum absolute atomic E-state index is 0.00813. The number of carbonyl (C=O) groups is 1. The molecule has 1 aromatic rings. The van der Waals surface area contributed by atoms with E-state index in [0.29, 0.717) is 19.4 Å². The van der Waals surface area contributed by atoms with Gasteiger partial charge in [-0.25, -0.2) is 0 Å². The molecule has 0 bridgehead atoms. The van der Waals surface area contributed by atoms with E-state index in [9.17, 15) is 4.79 Å². The third-order valence-corrected chi connectivity index (χ3v) is 3.72. The number of rotatable bonds is 5. The predicted octanol–water partition coefficient (Wildman–Crippen LogP) is 1.39. The van der Waals surface area contributed by atoms with E-state index in [0.717, 1.165) is 12.0 Å². The van der Waals surface area contributed by atoms with Crippen LogP contribution in [0.25, 0.3) is 0 Å². The van der Waals surface area contributed by atoms with Crippen LogP contribution in [0.2, 0.25) is 0 Å². The molecule has 0 saturated heterocycles. The average Bonchev–Trinajstić information content (AvgIpc) is 3.25. The summed E-state index contributed by atoms with van der Waals surface area (Å²) in [6.45, 7) is 2.56. The molecule has 19 heavy (non-hydrogen) atoms. The lowest BCUT2D eigenvalue weighted by Crippen LogP contribution is -2.40. The summed E-state index contributed by atoms with van der Waals surface area (Å²) in [4.78, 5) is 12.1. The Kier molecular flexibility index (Phi) is 3.74. The molecule has 0 aliphatic heterocycles. The van der Waals surface area contributed by atoms with Crippen molar-refractivity contribution in [2.45, 2.75) is 32.7 Å². The number of carbonyl (C=O) groups excluding carboxylic acids is 1. The second-order valence-electron chi connectivity index (χ2n) is 4.87. The molecule has 1 fully saturated rings. The van der Waals surface area contributed by atoms with E-state index in [-0.39, 0.29) is 11.7 Å². The number of nitrogens with two attached hydrogens (primary N) is 1. The van der Waals surface area contributed by atoms with Gasteiger partial charge >= 0.3 is 0 Å². The van der Waals surface area contributed by atoms with Gasteiger partial charge in [0.1, 0.15) is 5.41 Å². The molecule has 4 N–H and O–H groups in total. The summed E-state index contributed by atoms with van der Waals surface area (Å²) >= 11 is 0. The van der Waals surface area contributed by atoms with Crippen LogP contribution in [0.4, 0.5) is 0 Å². The molecule has 0 unspecified atom stereocenters. The fourth-order valence-electron chi connectivity index (χ4n) is 2.24. The lowest BCUT2D eigenvalue weighted by atomic mass is 10.0. The van der Waals surface area contributed by atoms with Gasteiger partial charge < -0.3 is 16.3 Å². The van der Waals surface area contributed by atoms with E-state index < -0.39 is 5.41 Å². The zero-order valence-electron chi connectivity index (χ0n) is 11.0. The summed E-state index contributed by atoms with van der Waals surface area (Å²) < 4.78 is 0. The first-order chi connectivity index (χ1) is 9.14. The van der Waals surface area contributed by atoms with Gasteiger partial charge in [0.15, 0.2) is 5.84 Å². The van der Waals surface area contributed by atoms with E-state index >= 15 is 0 Å². The third-order valence-electron chi connectivity index (χ3n) is 3.72. The van der Waals surface area contributed by atoms with Crippen LogP contribution < -0.4 is 11.1 Å². The molecular weight excluding hydrogens is 242 g/mol. The normalized spacial score (nSPS) is 17.0. The van der Waals surface area contributed by atoms with Gasteiger partial charge in [0.25, 0.3) is 0 Å². The molecule has 1 aliphatic carbocycles. The molecule has 1 aliphatic rings. The first kappa shape index (κ1) is 13.4. The molecule has 5 heteroatoms. The molecule has 0 heterocycles. The molecule has 0 atom stereocenters. The maximum absolute atomic E-state index is 12.1. The van der Waals surface area contributed by atoms with Crippen LogP contribution in [0.3, 0.4) is 0 Å². The summed E-state index contributed by atoms with van der Waals surface area (Å²) in [7, 11) is 0. The number of benzene rings is 1. The van der Waals surface area contributed by atoms with Gasteiger partial charge in [0, 0.05) is 6.54 Å². The van der Waals surface area contributed by atoms with Crippen molar-refractivity contribution in [2.75, 3.05) is 0 Å². The highest BCUT2D eigenvalue weighted by Crippen LogP contribution is 2.46. The Balaban J connectivity index is 2.02. The Bertz CT molecular complexity index is 507. The largest absolute Gasteiger partial charge is 0.409 e. The fraction of sp³-hybridized carbons (Fsp3) is 0.429. The van der Waals surface area contributed by atoms with Crippen molar-refractivity contribution < 1.29 is 10.0 Å². The Morgan fingerprint density at radius 3 is 2.58 bits per heavy atom. The minimum Gasteiger partial charge on any atom is -0.409 e. The summed E-state index contributed by atoms with van der Waals surface area (Å²) in [6.07, 6.45) is 2.21. The van der Waals surface area contributed by atoms with Gasteiger partial charge in [-0.3, -0.25) is 4.79 Å². The highest BCUT2D eigenvalue weighted by atomic mass is 16.4. The van der Waals surface area contributed by atoms with Gasteiger partial charge in [-0.15, -0.1) is 0 Å². The van der Waals surface area contributed by atoms with Crippen molar-refractivity contribution in [2.24, 2.45) is 16.3 Å². The zero-order chi connectivity index (χ0) is 13.9. The predicted molar refractivity (Wildman–Crippen MR) is 72.7 cm³/mol. The highest BCUT2D eigenvalue weighted by Gasteiger charge is 2.54. The summed E-state index contributed by atoms with van der Waals surface area (Å²) in [5.41, 5.74) is 7.12. The summed E-state index contributed by atoms with van der Waals surface area (Å²) in [6, 6.07) is 8.00. The second kappa shape index (κ2) is 5.30. The first-order valence-corrected chi connectivity index (χ1v) is 6.47. The van der Waals surface area contributed by atoms with Crippen molar-refractivity contribution >= 4 is 11.7 Å². The van der Waals surface area contributed by atoms with Crippen LogP contribution in [0.1, 0.15) is 30.9 Å². The van der Waals surface area contributed by atoms with Crippen molar-refractivity contribution in [1.29, 1.82) is 0 Å². The Morgan fingerprint density at radius 1 is 1.42 bits per heavy atom. The maximum Gasteiger partial charge on any atom is 0.234 e. The van der Waals surface area contributed by atoms with Crippen molar-refractivity contribution in [3.63, 3.8) is 0 Å². The fourth-order valence-corrected chi connectivity index (χ4v) is 2.24. The van der Waals surface area contributed by atoms with Gasteiger partial charge in [-0.2, -0.15) is 0 Å². The average molecular weight is 261 g/mol. The van der Waals surface area contributed by atoms with Gasteiger partial charge in [0.2, 0.25) is 5.91 Å². The first-order valence-electron chi connectivity index (χ1n) is 6.47. The lowest BCUT2D eigenvalue weighted by Gasteiger charge is -2.15. The van der Waals surface area contributed by atoms with Gasteiger partial charge in [-0.1, -0.05) is 36.3 Å². The Labute approximate surface area is 112 Å². The van der Waals surface area contributed by atoms with Crippen LogP contribution in [0.5, 0.6) is 0 Å². The Morgan fingerprint density at radius 2 is 2.05 bits per heavy atom. The maximum atomic E-state index is 12.1. The molecule has 0 spiro atoms. The van der Waals surface area contributed by atoms with E-state index in [1.54, 1.807) is 0 Å². The summed E-state index contributed by atoms with van der Waals surface area (Å²) in [5.74, 6) is -0.150. The van der Waals surface area contributed by atoms with E-state index in [2.05, 4.69) is 23.5 Å². The van der Waals surface area contributed by atoms with Crippen LogP contribution in [0.15, 0.2) is 29.4 Å². The quantitative estimate of drug-likeness (QED) is 0.324. The molecule has 1 saturated carbocycles. The second-order valence-corrected chi connectivity index (χ2v) is 4.87. The SMILES string of the molecule is CCc1ccccc1CNC(=O)C1(/C(N)=N/O)CC1. The minimum atomic E-state index is -0.782. The van der Waals surface area contributed by atoms with E-state index in [4.69, 9.17) is 10.9 Å². The number of nitrogens with zero attached hydrogens (tertiary/aromatic N) is 1. The molecule has 5 nitrogen and oxygen atoms in total. The zero-order valence-corrected chi connectivity index (χ0v) is 11.0. The summed E-state index contributed by atoms with van der Waals surface area (Å²) in [5, 5.41) is 14.6. The van der Waals surface area contributed by atoms with Crippen molar-refractivity contribution in [3.8, 4) is 0 Å². The number of hydrogen-bond acceptors (Lipinski definition) is 3. The van der Waals surface area contributed by atoms with Crippen molar-refractivity contribution in [3.05, 3.63) is 35.4 Å². The molecule has 1 amide bonds. The number of amidine groups is 1. The number of aryl methyl sites for hydroxylation is 1. The van der Waals surface area contributed by atoms with Crippen LogP contribution in [0, 0.1) is 5.41 Å². The van der Waals surface area contributed by atoms with Crippen LogP contribution in [-0.4, -0.2) is 17.0 Å². The molecule has 1 aromatic carbocycles. The van der Waals surface area contributed by atoms with Crippen LogP contribution >= 0.6 is 0 Å². The highest BCUT2D eigenvalue weighted by molar-refractivity contribution is 6.09. The van der Waals surface area contributed by atoms with Gasteiger partial charge in [0.05, 0.1) is 0 Å². The van der Waals surface area contributed by atoms with E-state index in [1.807, 2.05) is 18.2 Å². The van der Waals surface area contributed by atoms with Crippen LogP contribution in [-0.2, 0) is 17.8 Å². The third kappa shape index (κ3) is 2.54. The van der Waals surface area contributed by atoms with Crippen molar-refractivity contribution in [1.82, 2.24) is 5.32 Å². The van der Waals surface area contributed by atoms with Gasteiger partial charge in [-0.05, 0) is 30.4 Å². The monoisotopic (exact) mass is 261 g/mol. The number of hydrogen-bond donors (Lipinski definition) is 3. The number of nitrogens with one attached hydrogen (secondary N) is 1. The molecule has 0 aromatic heterocycles. The number of oxime groups is 1. The molecule has 2 rings (SSSR count). The molecular formula is C14H19N3O2.